The van der Waals surface area contributed by atoms with Crippen molar-refractivity contribution in [2.45, 2.75) is 31.7 Å². The SMILES string of the molecule is O=C(Nc1ccc(Cl)cc1)C(C1CCCC1)N1CCN(C(=O)c2ccc(Cl)cc2)CC1. The number of anilines is 1. The minimum Gasteiger partial charge on any atom is -0.336 e. The van der Waals surface area contributed by atoms with E-state index in [1.54, 1.807) is 36.4 Å². The maximum absolute atomic E-state index is 13.3. The molecule has 1 heterocycles. The van der Waals surface area contributed by atoms with Gasteiger partial charge in [0.25, 0.3) is 5.91 Å². The number of carbonyl (C=O) groups is 2. The fraction of sp³-hybridized carbons (Fsp3) is 0.417. The van der Waals surface area contributed by atoms with Crippen LogP contribution in [0.3, 0.4) is 0 Å². The van der Waals surface area contributed by atoms with E-state index in [9.17, 15) is 9.59 Å². The fourth-order valence-electron chi connectivity index (χ4n) is 4.68. The predicted molar refractivity (Wildman–Crippen MR) is 125 cm³/mol. The van der Waals surface area contributed by atoms with Crippen LogP contribution in [0.25, 0.3) is 0 Å². The summed E-state index contributed by atoms with van der Waals surface area (Å²) in [6.45, 7) is 2.60. The molecular weight excluding hydrogens is 433 g/mol. The molecular formula is C24H27Cl2N3O2. The summed E-state index contributed by atoms with van der Waals surface area (Å²) in [6, 6.07) is 14.0. The van der Waals surface area contributed by atoms with Crippen molar-refractivity contribution < 1.29 is 9.59 Å². The van der Waals surface area contributed by atoms with Gasteiger partial charge in [-0.05, 0) is 67.3 Å². The summed E-state index contributed by atoms with van der Waals surface area (Å²) in [6.07, 6.45) is 4.49. The molecule has 2 fully saturated rings. The summed E-state index contributed by atoms with van der Waals surface area (Å²) in [5.74, 6) is 0.400. The van der Waals surface area contributed by atoms with Crippen LogP contribution in [0.2, 0.25) is 10.0 Å². The van der Waals surface area contributed by atoms with Crippen molar-refractivity contribution in [2.24, 2.45) is 5.92 Å². The standard InChI is InChI=1S/C24H27Cl2N3O2/c25-19-7-5-18(6-8-19)24(31)29-15-13-28(14-16-29)22(17-3-1-2-4-17)23(30)27-21-11-9-20(26)10-12-21/h5-12,17,22H,1-4,13-16H2,(H,27,30). The van der Waals surface area contributed by atoms with E-state index in [4.69, 9.17) is 23.2 Å². The Kier molecular flexibility index (Phi) is 7.16. The van der Waals surface area contributed by atoms with Gasteiger partial charge in [0.2, 0.25) is 5.91 Å². The largest absolute Gasteiger partial charge is 0.336 e. The Balaban J connectivity index is 1.42. The quantitative estimate of drug-likeness (QED) is 0.687. The lowest BCUT2D eigenvalue weighted by Gasteiger charge is -2.40. The number of rotatable bonds is 5. The van der Waals surface area contributed by atoms with E-state index < -0.39 is 0 Å². The Labute approximate surface area is 193 Å². The van der Waals surface area contributed by atoms with Gasteiger partial charge in [-0.15, -0.1) is 0 Å². The summed E-state index contributed by atoms with van der Waals surface area (Å²) < 4.78 is 0. The van der Waals surface area contributed by atoms with Gasteiger partial charge in [0.1, 0.15) is 0 Å². The number of nitrogens with one attached hydrogen (secondary N) is 1. The summed E-state index contributed by atoms with van der Waals surface area (Å²) in [5, 5.41) is 4.34. The van der Waals surface area contributed by atoms with Gasteiger partial charge in [0.05, 0.1) is 6.04 Å². The Bertz CT molecular complexity index is 903. The zero-order chi connectivity index (χ0) is 21.8. The molecule has 0 radical (unpaired) electrons. The number of benzene rings is 2. The van der Waals surface area contributed by atoms with E-state index in [2.05, 4.69) is 10.2 Å². The van der Waals surface area contributed by atoms with Crippen LogP contribution in [-0.2, 0) is 4.79 Å². The Morgan fingerprint density at radius 1 is 0.839 bits per heavy atom. The van der Waals surface area contributed by atoms with Crippen molar-refractivity contribution in [1.82, 2.24) is 9.80 Å². The molecule has 31 heavy (non-hydrogen) atoms. The average Bonchev–Trinajstić information content (AvgIpc) is 3.30. The molecule has 0 spiro atoms. The highest BCUT2D eigenvalue weighted by molar-refractivity contribution is 6.31. The van der Waals surface area contributed by atoms with Gasteiger partial charge in [0.15, 0.2) is 0 Å². The summed E-state index contributed by atoms with van der Waals surface area (Å²) in [7, 11) is 0. The third-order valence-corrected chi connectivity index (χ3v) is 6.82. The van der Waals surface area contributed by atoms with E-state index in [1.165, 1.54) is 12.8 Å². The molecule has 2 aromatic carbocycles. The van der Waals surface area contributed by atoms with E-state index in [-0.39, 0.29) is 17.9 Å². The van der Waals surface area contributed by atoms with Crippen LogP contribution in [0.5, 0.6) is 0 Å². The summed E-state index contributed by atoms with van der Waals surface area (Å²) in [4.78, 5) is 30.2. The molecule has 1 saturated carbocycles. The molecule has 1 atom stereocenters. The van der Waals surface area contributed by atoms with Crippen molar-refractivity contribution in [3.63, 3.8) is 0 Å². The third-order valence-electron chi connectivity index (χ3n) is 6.31. The Morgan fingerprint density at radius 3 is 1.97 bits per heavy atom. The zero-order valence-corrected chi connectivity index (χ0v) is 18.9. The van der Waals surface area contributed by atoms with Crippen LogP contribution >= 0.6 is 23.2 Å². The molecule has 0 aromatic heterocycles. The number of hydrogen-bond donors (Lipinski definition) is 1. The number of nitrogens with zero attached hydrogens (tertiary/aromatic N) is 2. The van der Waals surface area contributed by atoms with Gasteiger partial charge in [-0.1, -0.05) is 36.0 Å². The smallest absolute Gasteiger partial charge is 0.253 e. The highest BCUT2D eigenvalue weighted by Gasteiger charge is 2.37. The van der Waals surface area contributed by atoms with Crippen molar-refractivity contribution in [1.29, 1.82) is 0 Å². The predicted octanol–water partition coefficient (Wildman–Crippen LogP) is 4.95. The molecule has 0 bridgehead atoms. The lowest BCUT2D eigenvalue weighted by atomic mass is 9.94. The second-order valence-corrected chi connectivity index (χ2v) is 9.19. The molecule has 4 rings (SSSR count). The van der Waals surface area contributed by atoms with E-state index in [0.717, 1.165) is 18.5 Å². The molecule has 1 aliphatic heterocycles. The Morgan fingerprint density at radius 2 is 1.39 bits per heavy atom. The first-order chi connectivity index (χ1) is 15.0. The molecule has 1 aliphatic carbocycles. The van der Waals surface area contributed by atoms with Gasteiger partial charge in [-0.25, -0.2) is 0 Å². The monoisotopic (exact) mass is 459 g/mol. The number of carbonyl (C=O) groups excluding carboxylic acids is 2. The minimum atomic E-state index is -0.175. The lowest BCUT2D eigenvalue weighted by molar-refractivity contribution is -0.123. The second kappa shape index (κ2) is 10.0. The number of piperazine rings is 1. The molecule has 5 nitrogen and oxygen atoms in total. The van der Waals surface area contributed by atoms with Crippen molar-refractivity contribution in [2.75, 3.05) is 31.5 Å². The third kappa shape index (κ3) is 5.40. The van der Waals surface area contributed by atoms with Gasteiger partial charge in [0, 0.05) is 47.5 Å². The van der Waals surface area contributed by atoms with Gasteiger partial charge in [-0.2, -0.15) is 0 Å². The topological polar surface area (TPSA) is 52.7 Å². The fourth-order valence-corrected chi connectivity index (χ4v) is 4.93. The maximum Gasteiger partial charge on any atom is 0.253 e. The van der Waals surface area contributed by atoms with Gasteiger partial charge in [-0.3, -0.25) is 14.5 Å². The van der Waals surface area contributed by atoms with Gasteiger partial charge < -0.3 is 10.2 Å². The number of halogens is 2. The highest BCUT2D eigenvalue weighted by atomic mass is 35.5. The summed E-state index contributed by atoms with van der Waals surface area (Å²) in [5.41, 5.74) is 1.40. The maximum atomic E-state index is 13.3. The van der Waals surface area contributed by atoms with E-state index >= 15 is 0 Å². The molecule has 1 N–H and O–H groups in total. The molecule has 1 saturated heterocycles. The van der Waals surface area contributed by atoms with Crippen molar-refractivity contribution in [3.8, 4) is 0 Å². The zero-order valence-electron chi connectivity index (χ0n) is 17.4. The average molecular weight is 460 g/mol. The van der Waals surface area contributed by atoms with Crippen LogP contribution in [-0.4, -0.2) is 53.8 Å². The van der Waals surface area contributed by atoms with Crippen LogP contribution < -0.4 is 5.32 Å². The van der Waals surface area contributed by atoms with Crippen molar-refractivity contribution in [3.05, 3.63) is 64.1 Å². The first-order valence-corrected chi connectivity index (χ1v) is 11.6. The minimum absolute atomic E-state index is 0.0133. The molecule has 7 heteroatoms. The molecule has 2 amide bonds. The second-order valence-electron chi connectivity index (χ2n) is 8.32. The highest BCUT2D eigenvalue weighted by Crippen LogP contribution is 2.32. The first-order valence-electron chi connectivity index (χ1n) is 10.9. The molecule has 2 aromatic rings. The van der Waals surface area contributed by atoms with Crippen molar-refractivity contribution >= 4 is 40.7 Å². The molecule has 1 unspecified atom stereocenters. The molecule has 164 valence electrons. The Hall–Kier alpha value is -2.08. The van der Waals surface area contributed by atoms with Crippen LogP contribution in [0, 0.1) is 5.92 Å². The van der Waals surface area contributed by atoms with Crippen LogP contribution in [0.1, 0.15) is 36.0 Å². The normalized spacial score (nSPS) is 18.7. The van der Waals surface area contributed by atoms with E-state index in [0.29, 0.717) is 47.7 Å². The van der Waals surface area contributed by atoms with Crippen LogP contribution in [0.4, 0.5) is 5.69 Å². The van der Waals surface area contributed by atoms with E-state index in [1.807, 2.05) is 17.0 Å². The lowest BCUT2D eigenvalue weighted by Crippen LogP contribution is -2.56. The first kappa shape index (κ1) is 22.1. The summed E-state index contributed by atoms with van der Waals surface area (Å²) >= 11 is 11.9. The number of amides is 2. The van der Waals surface area contributed by atoms with Gasteiger partial charge >= 0.3 is 0 Å². The molecule has 2 aliphatic rings. The van der Waals surface area contributed by atoms with Crippen LogP contribution in [0.15, 0.2) is 48.5 Å². The number of hydrogen-bond acceptors (Lipinski definition) is 3.